The number of hydrogen-bond donors (Lipinski definition) is 2. The monoisotopic (exact) mass is 273 g/mol. The van der Waals surface area contributed by atoms with Gasteiger partial charge in [0.15, 0.2) is 0 Å². The molecule has 6 heteroatoms. The highest BCUT2D eigenvalue weighted by Crippen LogP contribution is 2.24. The Morgan fingerprint density at radius 1 is 1.50 bits per heavy atom. The van der Waals surface area contributed by atoms with Crippen LogP contribution in [0.2, 0.25) is 0 Å². The topological polar surface area (TPSA) is 75.4 Å². The molecular weight excluding hydrogens is 250 g/mol. The predicted octanol–water partition coefficient (Wildman–Crippen LogP) is 0.529. The first kappa shape index (κ1) is 16.8. The van der Waals surface area contributed by atoms with E-state index in [1.54, 1.807) is 27.9 Å². The molecule has 0 aromatic rings. The highest BCUT2D eigenvalue weighted by atomic mass is 32.1. The van der Waals surface area contributed by atoms with Crippen molar-refractivity contribution in [3.05, 3.63) is 0 Å². The van der Waals surface area contributed by atoms with Crippen molar-refractivity contribution in [2.75, 3.05) is 20.6 Å². The smallest absolute Gasteiger partial charge is 0.235 e. The van der Waals surface area contributed by atoms with Crippen molar-refractivity contribution in [3.63, 3.8) is 0 Å². The van der Waals surface area contributed by atoms with Gasteiger partial charge in [-0.15, -0.1) is 0 Å². The molecule has 2 unspecified atom stereocenters. The summed E-state index contributed by atoms with van der Waals surface area (Å²) in [6.07, 6.45) is 0.542. The Morgan fingerprint density at radius 3 is 2.33 bits per heavy atom. The van der Waals surface area contributed by atoms with Gasteiger partial charge in [0.05, 0.1) is 16.3 Å². The number of hydrogen-bond acceptors (Lipinski definition) is 3. The van der Waals surface area contributed by atoms with Gasteiger partial charge >= 0.3 is 0 Å². The van der Waals surface area contributed by atoms with Crippen LogP contribution in [0.25, 0.3) is 0 Å². The number of nitrogens with zero attached hydrogens (tertiary/aromatic N) is 1. The van der Waals surface area contributed by atoms with E-state index in [0.717, 1.165) is 0 Å². The van der Waals surface area contributed by atoms with Crippen molar-refractivity contribution in [3.8, 4) is 0 Å². The molecule has 0 aliphatic rings. The molecule has 0 saturated carbocycles. The molecular formula is C12H23N3O2S. The Balaban J connectivity index is 4.79. The highest BCUT2D eigenvalue weighted by molar-refractivity contribution is 7.80. The van der Waals surface area contributed by atoms with E-state index in [4.69, 9.17) is 18.0 Å². The second-order valence-corrected chi connectivity index (χ2v) is 5.19. The Kier molecular flexibility index (Phi) is 6.25. The maximum Gasteiger partial charge on any atom is 0.235 e. The van der Waals surface area contributed by atoms with Crippen LogP contribution >= 0.6 is 12.2 Å². The van der Waals surface area contributed by atoms with Crippen molar-refractivity contribution in [1.29, 1.82) is 0 Å². The summed E-state index contributed by atoms with van der Waals surface area (Å²) < 4.78 is 0. The summed E-state index contributed by atoms with van der Waals surface area (Å²) in [4.78, 5) is 25.4. The normalized spacial score (nSPS) is 15.4. The molecule has 0 saturated heterocycles. The quantitative estimate of drug-likeness (QED) is 0.692. The third-order valence-corrected chi connectivity index (χ3v) is 3.76. The van der Waals surface area contributed by atoms with Crippen LogP contribution in [0.5, 0.6) is 0 Å². The van der Waals surface area contributed by atoms with Gasteiger partial charge in [-0.05, 0) is 13.3 Å². The van der Waals surface area contributed by atoms with Crippen LogP contribution in [0.4, 0.5) is 0 Å². The number of thiocarbonyl (C=S) groups is 1. The van der Waals surface area contributed by atoms with Crippen molar-refractivity contribution in [1.82, 2.24) is 10.2 Å². The van der Waals surface area contributed by atoms with E-state index < -0.39 is 5.41 Å². The van der Waals surface area contributed by atoms with Gasteiger partial charge in [0, 0.05) is 20.6 Å². The number of carbonyl (C=O) groups excluding carboxylic acids is 2. The highest BCUT2D eigenvalue weighted by Gasteiger charge is 2.37. The second-order valence-electron chi connectivity index (χ2n) is 4.75. The van der Waals surface area contributed by atoms with Gasteiger partial charge in [-0.25, -0.2) is 0 Å². The predicted molar refractivity (Wildman–Crippen MR) is 76.1 cm³/mol. The summed E-state index contributed by atoms with van der Waals surface area (Å²) in [5.74, 6) is -0.507. The molecule has 5 nitrogen and oxygen atoms in total. The molecule has 0 heterocycles. The number of rotatable bonds is 6. The molecule has 2 amide bonds. The molecule has 0 fully saturated rings. The molecule has 0 bridgehead atoms. The first-order valence-electron chi connectivity index (χ1n) is 5.97. The van der Waals surface area contributed by atoms with Gasteiger partial charge in [-0.3, -0.25) is 9.59 Å². The van der Waals surface area contributed by atoms with Crippen molar-refractivity contribution < 1.29 is 9.59 Å². The lowest BCUT2D eigenvalue weighted by Crippen LogP contribution is -2.49. The van der Waals surface area contributed by atoms with Crippen LogP contribution < -0.4 is 11.1 Å². The van der Waals surface area contributed by atoms with E-state index >= 15 is 0 Å². The fourth-order valence-electron chi connectivity index (χ4n) is 1.68. The largest absolute Gasteiger partial charge is 0.392 e. The number of nitrogens with two attached hydrogens (primary N) is 1. The van der Waals surface area contributed by atoms with Gasteiger partial charge in [-0.1, -0.05) is 26.1 Å². The summed E-state index contributed by atoms with van der Waals surface area (Å²) in [7, 11) is 3.24. The van der Waals surface area contributed by atoms with Crippen LogP contribution in [0.15, 0.2) is 0 Å². The Bertz CT molecular complexity index is 346. The van der Waals surface area contributed by atoms with Crippen molar-refractivity contribution in [2.45, 2.75) is 27.2 Å². The van der Waals surface area contributed by atoms with Crippen LogP contribution in [0.1, 0.15) is 27.2 Å². The lowest BCUT2D eigenvalue weighted by molar-refractivity contribution is -0.137. The first-order valence-corrected chi connectivity index (χ1v) is 6.38. The molecule has 18 heavy (non-hydrogen) atoms. The van der Waals surface area contributed by atoms with Crippen LogP contribution in [-0.4, -0.2) is 42.3 Å². The summed E-state index contributed by atoms with van der Waals surface area (Å²) in [5.41, 5.74) is 4.80. The van der Waals surface area contributed by atoms with Gasteiger partial charge in [0.1, 0.15) is 0 Å². The van der Waals surface area contributed by atoms with E-state index in [1.807, 2.05) is 6.92 Å². The van der Waals surface area contributed by atoms with E-state index in [-0.39, 0.29) is 22.7 Å². The lowest BCUT2D eigenvalue weighted by Gasteiger charge is -2.31. The van der Waals surface area contributed by atoms with E-state index in [9.17, 15) is 9.59 Å². The minimum absolute atomic E-state index is 0.0943. The molecule has 0 aromatic carbocycles. The Hall–Kier alpha value is -1.17. The lowest BCUT2D eigenvalue weighted by atomic mass is 9.85. The molecule has 0 spiro atoms. The Labute approximate surface area is 114 Å². The molecule has 0 aliphatic heterocycles. The zero-order chi connectivity index (χ0) is 14.5. The second kappa shape index (κ2) is 6.68. The molecule has 0 aliphatic carbocycles. The minimum atomic E-state index is -0.841. The zero-order valence-corrected chi connectivity index (χ0v) is 12.6. The summed E-state index contributed by atoms with van der Waals surface area (Å²) >= 11 is 4.96. The van der Waals surface area contributed by atoms with Crippen LogP contribution in [0, 0.1) is 11.3 Å². The third-order valence-electron chi connectivity index (χ3n) is 3.31. The summed E-state index contributed by atoms with van der Waals surface area (Å²) in [5, 5.41) is 2.56. The fourth-order valence-corrected chi connectivity index (χ4v) is 1.91. The zero-order valence-electron chi connectivity index (χ0n) is 11.7. The fraction of sp³-hybridized carbons (Fsp3) is 0.750. The van der Waals surface area contributed by atoms with Gasteiger partial charge in [0.25, 0.3) is 0 Å². The van der Waals surface area contributed by atoms with Crippen LogP contribution in [-0.2, 0) is 9.59 Å². The van der Waals surface area contributed by atoms with Gasteiger partial charge in [-0.2, -0.15) is 0 Å². The first-order chi connectivity index (χ1) is 8.20. The van der Waals surface area contributed by atoms with Crippen molar-refractivity contribution >= 4 is 29.0 Å². The standard InChI is InChI=1S/C12H23N3O2S/c1-6-12(3,10(13)18)11(17)15(5)7-8(2)9(16)14-4/h8H,6-7H2,1-5H3,(H2,13,18)(H,14,16). The van der Waals surface area contributed by atoms with E-state index in [2.05, 4.69) is 5.32 Å². The Morgan fingerprint density at radius 2 is 2.00 bits per heavy atom. The number of nitrogens with one attached hydrogen (secondary N) is 1. The maximum absolute atomic E-state index is 12.3. The number of amides is 2. The third kappa shape index (κ3) is 3.66. The minimum Gasteiger partial charge on any atom is -0.392 e. The molecule has 104 valence electrons. The summed E-state index contributed by atoms with van der Waals surface area (Å²) in [6.45, 7) is 5.72. The molecule has 0 aromatic heterocycles. The maximum atomic E-state index is 12.3. The van der Waals surface area contributed by atoms with Crippen molar-refractivity contribution in [2.24, 2.45) is 17.1 Å². The van der Waals surface area contributed by atoms with Gasteiger partial charge in [0.2, 0.25) is 11.8 Å². The summed E-state index contributed by atoms with van der Waals surface area (Å²) in [6, 6.07) is 0. The molecule has 2 atom stereocenters. The van der Waals surface area contributed by atoms with Gasteiger partial charge < -0.3 is 16.0 Å². The molecule has 0 rings (SSSR count). The van der Waals surface area contributed by atoms with E-state index in [1.165, 1.54) is 4.90 Å². The number of carbonyl (C=O) groups is 2. The average molecular weight is 273 g/mol. The average Bonchev–Trinajstić information content (AvgIpc) is 2.35. The molecule has 3 N–H and O–H groups in total. The molecule has 0 radical (unpaired) electrons. The SMILES string of the molecule is CCC(C)(C(=O)N(C)CC(C)C(=O)NC)C(N)=S. The van der Waals surface area contributed by atoms with Crippen LogP contribution in [0.3, 0.4) is 0 Å². The van der Waals surface area contributed by atoms with E-state index in [0.29, 0.717) is 13.0 Å².